The first kappa shape index (κ1) is 15.5. The van der Waals surface area contributed by atoms with Gasteiger partial charge in [0, 0.05) is 22.8 Å². The van der Waals surface area contributed by atoms with Gasteiger partial charge in [0.25, 0.3) is 0 Å². The van der Waals surface area contributed by atoms with E-state index in [4.69, 9.17) is 17.3 Å². The van der Waals surface area contributed by atoms with Crippen molar-refractivity contribution in [1.29, 1.82) is 0 Å². The van der Waals surface area contributed by atoms with E-state index in [1.165, 1.54) is 0 Å². The predicted octanol–water partition coefficient (Wildman–Crippen LogP) is 3.59. The minimum atomic E-state index is -4.47. The Balaban J connectivity index is 0.00000225. The van der Waals surface area contributed by atoms with Crippen molar-refractivity contribution < 1.29 is 13.2 Å². The highest BCUT2D eigenvalue weighted by molar-refractivity contribution is 6.31. The number of aromatic nitrogens is 1. The zero-order valence-electron chi connectivity index (χ0n) is 8.38. The predicted molar refractivity (Wildman–Crippen MR) is 58.7 cm³/mol. The largest absolute Gasteiger partial charge is 0.433 e. The van der Waals surface area contributed by atoms with Gasteiger partial charge in [-0.25, -0.2) is 0 Å². The topological polar surface area (TPSA) is 38.9 Å². The highest BCUT2D eigenvalue weighted by Crippen LogP contribution is 2.31. The summed E-state index contributed by atoms with van der Waals surface area (Å²) in [4.78, 5) is 3.29. The Bertz CT molecular complexity index is 355. The van der Waals surface area contributed by atoms with Crippen molar-refractivity contribution in [2.75, 3.05) is 0 Å². The molecule has 0 saturated carbocycles. The Labute approximate surface area is 102 Å². The van der Waals surface area contributed by atoms with Crippen molar-refractivity contribution in [2.24, 2.45) is 5.73 Å². The van der Waals surface area contributed by atoms with E-state index in [0.29, 0.717) is 12.0 Å². The molecule has 0 aliphatic carbocycles. The lowest BCUT2D eigenvalue weighted by atomic mass is 10.1. The normalized spacial score (nSPS) is 13.1. The van der Waals surface area contributed by atoms with Gasteiger partial charge in [-0.2, -0.15) is 13.2 Å². The van der Waals surface area contributed by atoms with Gasteiger partial charge in [-0.1, -0.05) is 18.5 Å². The second kappa shape index (κ2) is 5.70. The summed E-state index contributed by atoms with van der Waals surface area (Å²) in [6.07, 6.45) is -2.80. The maximum absolute atomic E-state index is 12.2. The zero-order chi connectivity index (χ0) is 11.6. The van der Waals surface area contributed by atoms with Crippen LogP contribution in [0.3, 0.4) is 0 Å². The van der Waals surface area contributed by atoms with Crippen LogP contribution in [0.1, 0.15) is 30.6 Å². The second-order valence-corrected chi connectivity index (χ2v) is 3.51. The van der Waals surface area contributed by atoms with Gasteiger partial charge < -0.3 is 5.73 Å². The molecule has 0 amide bonds. The molecule has 1 rings (SSSR count). The molecule has 92 valence electrons. The molecule has 2 N–H and O–H groups in total. The molecule has 0 spiro atoms. The molecule has 0 bridgehead atoms. The third-order valence-corrected chi connectivity index (χ3v) is 2.34. The number of alkyl halides is 3. The van der Waals surface area contributed by atoms with Crippen LogP contribution in [0.25, 0.3) is 0 Å². The lowest BCUT2D eigenvalue weighted by Crippen LogP contribution is -2.13. The van der Waals surface area contributed by atoms with Gasteiger partial charge in [0.05, 0.1) is 0 Å². The highest BCUT2D eigenvalue weighted by Gasteiger charge is 2.33. The number of hydrogen-bond acceptors (Lipinski definition) is 2. The van der Waals surface area contributed by atoms with Gasteiger partial charge in [-0.3, -0.25) is 4.98 Å². The molecule has 0 aromatic carbocycles. The molecule has 1 aromatic rings. The van der Waals surface area contributed by atoms with Crippen LogP contribution in [0.15, 0.2) is 12.3 Å². The van der Waals surface area contributed by atoms with Crippen LogP contribution in [0, 0.1) is 0 Å². The molecule has 1 heterocycles. The summed E-state index contributed by atoms with van der Waals surface area (Å²) in [6, 6.07) is 0.416. The van der Waals surface area contributed by atoms with E-state index >= 15 is 0 Å². The molecule has 2 nitrogen and oxygen atoms in total. The van der Waals surface area contributed by atoms with Crippen molar-refractivity contribution in [1.82, 2.24) is 4.98 Å². The third kappa shape index (κ3) is 3.50. The van der Waals surface area contributed by atoms with E-state index in [9.17, 15) is 13.2 Å². The summed E-state index contributed by atoms with van der Waals surface area (Å²) >= 11 is 5.69. The summed E-state index contributed by atoms with van der Waals surface area (Å²) in [5.41, 5.74) is 5.09. The Hall–Kier alpha value is -0.520. The van der Waals surface area contributed by atoms with Gasteiger partial charge in [-0.15, -0.1) is 12.4 Å². The molecule has 1 aromatic heterocycles. The highest BCUT2D eigenvalue weighted by atomic mass is 35.5. The van der Waals surface area contributed by atoms with Crippen LogP contribution in [0.4, 0.5) is 13.2 Å². The number of halogens is 5. The van der Waals surface area contributed by atoms with Gasteiger partial charge in [0.15, 0.2) is 0 Å². The summed E-state index contributed by atoms with van der Waals surface area (Å²) in [5.74, 6) is 0. The Kier molecular flexibility index (Phi) is 5.52. The first-order valence-corrected chi connectivity index (χ1v) is 4.72. The number of nitrogens with two attached hydrogens (primary N) is 1. The first-order valence-electron chi connectivity index (χ1n) is 4.34. The van der Waals surface area contributed by atoms with Crippen molar-refractivity contribution in [3.05, 3.63) is 28.5 Å². The molecule has 0 aliphatic heterocycles. The summed E-state index contributed by atoms with van der Waals surface area (Å²) in [7, 11) is 0. The van der Waals surface area contributed by atoms with E-state index < -0.39 is 11.9 Å². The third-order valence-electron chi connectivity index (χ3n) is 2.01. The standard InChI is InChI=1S/C9H10ClF3N2.ClH/c1-2-7(14)5-4-15-8(3-6(5)10)9(11,12)13;/h3-4,7H,2,14H2,1H3;1H/t7-;/m1./s1. The monoisotopic (exact) mass is 274 g/mol. The molecule has 0 fully saturated rings. The van der Waals surface area contributed by atoms with Crippen LogP contribution >= 0.6 is 24.0 Å². The number of rotatable bonds is 2. The maximum atomic E-state index is 12.2. The molecule has 0 unspecified atom stereocenters. The van der Waals surface area contributed by atoms with E-state index in [1.54, 1.807) is 0 Å². The molecule has 0 radical (unpaired) electrons. The number of nitrogens with zero attached hydrogens (tertiary/aromatic N) is 1. The smallest absolute Gasteiger partial charge is 0.324 e. The maximum Gasteiger partial charge on any atom is 0.433 e. The van der Waals surface area contributed by atoms with Gasteiger partial charge in [-0.05, 0) is 12.5 Å². The quantitative estimate of drug-likeness (QED) is 0.895. The number of hydrogen-bond donors (Lipinski definition) is 1. The van der Waals surface area contributed by atoms with Crippen LogP contribution in [0.5, 0.6) is 0 Å². The Morgan fingerprint density at radius 1 is 1.50 bits per heavy atom. The fourth-order valence-corrected chi connectivity index (χ4v) is 1.38. The molecule has 1 atom stereocenters. The van der Waals surface area contributed by atoms with E-state index in [1.807, 2.05) is 6.92 Å². The lowest BCUT2D eigenvalue weighted by Gasteiger charge is -2.12. The average Bonchev–Trinajstić information content (AvgIpc) is 2.15. The van der Waals surface area contributed by atoms with Crippen LogP contribution in [0.2, 0.25) is 5.02 Å². The van der Waals surface area contributed by atoms with Gasteiger partial charge in [0.2, 0.25) is 0 Å². The minimum absolute atomic E-state index is 0. The van der Waals surface area contributed by atoms with E-state index in [0.717, 1.165) is 12.3 Å². The van der Waals surface area contributed by atoms with Gasteiger partial charge >= 0.3 is 6.18 Å². The summed E-state index contributed by atoms with van der Waals surface area (Å²) in [5, 5.41) is 0.00618. The van der Waals surface area contributed by atoms with Crippen LogP contribution in [-0.2, 0) is 6.18 Å². The summed E-state index contributed by atoms with van der Waals surface area (Å²) < 4.78 is 36.7. The molecular formula is C9H11Cl2F3N2. The van der Waals surface area contributed by atoms with Crippen molar-refractivity contribution >= 4 is 24.0 Å². The SMILES string of the molecule is CC[C@@H](N)c1cnc(C(F)(F)F)cc1Cl.Cl. The van der Waals surface area contributed by atoms with Crippen molar-refractivity contribution in [3.63, 3.8) is 0 Å². The van der Waals surface area contributed by atoms with Crippen molar-refractivity contribution in [3.8, 4) is 0 Å². The molecule has 0 aliphatic rings. The summed E-state index contributed by atoms with van der Waals surface area (Å²) in [6.45, 7) is 1.82. The molecule has 0 saturated heterocycles. The fourth-order valence-electron chi connectivity index (χ4n) is 1.09. The zero-order valence-corrected chi connectivity index (χ0v) is 9.96. The van der Waals surface area contributed by atoms with E-state index in [2.05, 4.69) is 4.98 Å². The minimum Gasteiger partial charge on any atom is -0.324 e. The van der Waals surface area contributed by atoms with Crippen molar-refractivity contribution in [2.45, 2.75) is 25.6 Å². The molecule has 16 heavy (non-hydrogen) atoms. The van der Waals surface area contributed by atoms with Crippen LogP contribution < -0.4 is 5.73 Å². The Morgan fingerprint density at radius 3 is 2.44 bits per heavy atom. The first-order chi connectivity index (χ1) is 6.86. The lowest BCUT2D eigenvalue weighted by molar-refractivity contribution is -0.141. The van der Waals surface area contributed by atoms with Crippen LogP contribution in [-0.4, -0.2) is 4.98 Å². The number of pyridine rings is 1. The average molecular weight is 275 g/mol. The Morgan fingerprint density at radius 2 is 2.06 bits per heavy atom. The second-order valence-electron chi connectivity index (χ2n) is 3.10. The fraction of sp³-hybridized carbons (Fsp3) is 0.444. The molecular weight excluding hydrogens is 264 g/mol. The molecule has 7 heteroatoms. The van der Waals surface area contributed by atoms with E-state index in [-0.39, 0.29) is 23.5 Å². The van der Waals surface area contributed by atoms with Gasteiger partial charge in [0.1, 0.15) is 5.69 Å².